The van der Waals surface area contributed by atoms with Crippen molar-refractivity contribution in [3.8, 4) is 0 Å². The third-order valence-electron chi connectivity index (χ3n) is 2.35. The summed E-state index contributed by atoms with van der Waals surface area (Å²) in [5, 5.41) is 0. The number of nitrogen functional groups attached to an aromatic ring is 1. The number of amides is 3. The van der Waals surface area contributed by atoms with Crippen LogP contribution in [0.3, 0.4) is 0 Å². The first-order valence-corrected chi connectivity index (χ1v) is 5.57. The van der Waals surface area contributed by atoms with Crippen LogP contribution in [0.15, 0.2) is 24.3 Å². The molecule has 0 radical (unpaired) electrons. The summed E-state index contributed by atoms with van der Waals surface area (Å²) in [5.74, 6) is -1.83. The molecule has 1 rings (SSSR count). The molecule has 0 aliphatic carbocycles. The van der Waals surface area contributed by atoms with Crippen LogP contribution in [-0.4, -0.2) is 35.7 Å². The Bertz CT molecular complexity index is 486. The van der Waals surface area contributed by atoms with E-state index in [9.17, 15) is 14.4 Å². The summed E-state index contributed by atoms with van der Waals surface area (Å²) >= 11 is 0. The normalized spacial score (nSPS) is 9.89. The van der Waals surface area contributed by atoms with Gasteiger partial charge >= 0.3 is 0 Å². The molecular weight excluding hydrogens is 248 g/mol. The monoisotopic (exact) mass is 264 g/mol. The predicted octanol–water partition coefficient (Wildman–Crippen LogP) is -1.39. The number of nitrogens with two attached hydrogens (primary N) is 3. The molecule has 0 heterocycles. The Morgan fingerprint density at radius 1 is 1.05 bits per heavy atom. The zero-order chi connectivity index (χ0) is 14.4. The maximum atomic E-state index is 12.0. The van der Waals surface area contributed by atoms with Crippen molar-refractivity contribution in [2.24, 2.45) is 11.5 Å². The standard InChI is InChI=1S/C12H16N4O3/c13-9-3-1-2-8(4-9)5-12(19)16(6-10(14)17)7-11(15)18/h1-4H,5-7,13H2,(H2,14,17)(H2,15,18). The molecule has 0 atom stereocenters. The highest BCUT2D eigenvalue weighted by atomic mass is 16.2. The van der Waals surface area contributed by atoms with Gasteiger partial charge in [0.15, 0.2) is 0 Å². The number of carbonyl (C=O) groups is 3. The average Bonchev–Trinajstić information content (AvgIpc) is 2.26. The molecule has 0 aromatic heterocycles. The van der Waals surface area contributed by atoms with Crippen LogP contribution in [-0.2, 0) is 20.8 Å². The lowest BCUT2D eigenvalue weighted by atomic mass is 10.1. The topological polar surface area (TPSA) is 133 Å². The summed E-state index contributed by atoms with van der Waals surface area (Å²) in [4.78, 5) is 34.7. The second kappa shape index (κ2) is 6.39. The van der Waals surface area contributed by atoms with Crippen LogP contribution < -0.4 is 17.2 Å². The zero-order valence-electron chi connectivity index (χ0n) is 10.3. The van der Waals surface area contributed by atoms with Gasteiger partial charge in [-0.2, -0.15) is 0 Å². The Hall–Kier alpha value is -2.57. The fourth-order valence-corrected chi connectivity index (χ4v) is 1.60. The maximum absolute atomic E-state index is 12.0. The summed E-state index contributed by atoms with van der Waals surface area (Å²) in [6.45, 7) is -0.686. The third-order valence-corrected chi connectivity index (χ3v) is 2.35. The van der Waals surface area contributed by atoms with Crippen LogP contribution in [0.1, 0.15) is 5.56 Å². The highest BCUT2D eigenvalue weighted by molar-refractivity contribution is 5.89. The number of hydrogen-bond donors (Lipinski definition) is 3. The molecule has 3 amide bonds. The number of hydrogen-bond acceptors (Lipinski definition) is 4. The van der Waals surface area contributed by atoms with Crippen molar-refractivity contribution in [3.05, 3.63) is 29.8 Å². The number of rotatable bonds is 6. The van der Waals surface area contributed by atoms with E-state index in [1.54, 1.807) is 24.3 Å². The molecular formula is C12H16N4O3. The van der Waals surface area contributed by atoms with Crippen LogP contribution in [0.2, 0.25) is 0 Å². The van der Waals surface area contributed by atoms with Gasteiger partial charge in [0.2, 0.25) is 17.7 Å². The van der Waals surface area contributed by atoms with Crippen LogP contribution in [0, 0.1) is 0 Å². The molecule has 7 heteroatoms. The summed E-state index contributed by atoms with van der Waals surface area (Å²) in [7, 11) is 0. The van der Waals surface area contributed by atoms with E-state index in [-0.39, 0.29) is 19.5 Å². The number of nitrogens with zero attached hydrogens (tertiary/aromatic N) is 1. The minimum Gasteiger partial charge on any atom is -0.399 e. The Morgan fingerprint density at radius 2 is 1.63 bits per heavy atom. The molecule has 0 saturated carbocycles. The van der Waals surface area contributed by atoms with Gasteiger partial charge in [0, 0.05) is 5.69 Å². The van der Waals surface area contributed by atoms with Crippen LogP contribution in [0.5, 0.6) is 0 Å². The second-order valence-corrected chi connectivity index (χ2v) is 4.10. The van der Waals surface area contributed by atoms with E-state index < -0.39 is 17.7 Å². The molecule has 0 saturated heterocycles. The Labute approximate surface area is 110 Å². The quantitative estimate of drug-likeness (QED) is 0.545. The van der Waals surface area contributed by atoms with E-state index in [4.69, 9.17) is 17.2 Å². The average molecular weight is 264 g/mol. The first-order chi connectivity index (χ1) is 8.88. The molecule has 0 unspecified atom stereocenters. The highest BCUT2D eigenvalue weighted by Gasteiger charge is 2.18. The molecule has 102 valence electrons. The van der Waals surface area contributed by atoms with Gasteiger partial charge in [0.05, 0.1) is 19.5 Å². The summed E-state index contributed by atoms with van der Waals surface area (Å²) in [6, 6.07) is 6.77. The van der Waals surface area contributed by atoms with Crippen molar-refractivity contribution in [3.63, 3.8) is 0 Å². The lowest BCUT2D eigenvalue weighted by Gasteiger charge is -2.19. The molecule has 1 aromatic rings. The van der Waals surface area contributed by atoms with Gasteiger partial charge in [-0.25, -0.2) is 0 Å². The van der Waals surface area contributed by atoms with Gasteiger partial charge in [-0.3, -0.25) is 14.4 Å². The zero-order valence-corrected chi connectivity index (χ0v) is 10.3. The largest absolute Gasteiger partial charge is 0.399 e. The second-order valence-electron chi connectivity index (χ2n) is 4.10. The van der Waals surface area contributed by atoms with Crippen molar-refractivity contribution < 1.29 is 14.4 Å². The molecule has 0 spiro atoms. The fourth-order valence-electron chi connectivity index (χ4n) is 1.60. The molecule has 0 bridgehead atoms. The molecule has 0 aliphatic rings. The van der Waals surface area contributed by atoms with Gasteiger partial charge in [0.25, 0.3) is 0 Å². The third kappa shape index (κ3) is 5.07. The molecule has 1 aromatic carbocycles. The highest BCUT2D eigenvalue weighted by Crippen LogP contribution is 2.08. The van der Waals surface area contributed by atoms with Crippen molar-refractivity contribution in [1.29, 1.82) is 0 Å². The van der Waals surface area contributed by atoms with E-state index in [0.29, 0.717) is 11.3 Å². The van der Waals surface area contributed by atoms with E-state index in [1.807, 2.05) is 0 Å². The van der Waals surface area contributed by atoms with Crippen LogP contribution >= 0.6 is 0 Å². The molecule has 7 nitrogen and oxygen atoms in total. The van der Waals surface area contributed by atoms with Crippen LogP contribution in [0.25, 0.3) is 0 Å². The first kappa shape index (κ1) is 14.5. The van der Waals surface area contributed by atoms with Gasteiger partial charge in [-0.1, -0.05) is 12.1 Å². The van der Waals surface area contributed by atoms with Gasteiger partial charge in [-0.05, 0) is 17.7 Å². The first-order valence-electron chi connectivity index (χ1n) is 5.57. The molecule has 6 N–H and O–H groups in total. The van der Waals surface area contributed by atoms with Gasteiger partial charge in [-0.15, -0.1) is 0 Å². The van der Waals surface area contributed by atoms with Crippen molar-refractivity contribution in [2.75, 3.05) is 18.8 Å². The van der Waals surface area contributed by atoms with Crippen molar-refractivity contribution in [2.45, 2.75) is 6.42 Å². The molecule has 0 aliphatic heterocycles. The van der Waals surface area contributed by atoms with Crippen molar-refractivity contribution >= 4 is 23.4 Å². The number of benzene rings is 1. The lowest BCUT2D eigenvalue weighted by molar-refractivity contribution is -0.137. The molecule has 19 heavy (non-hydrogen) atoms. The number of primary amides is 2. The van der Waals surface area contributed by atoms with E-state index >= 15 is 0 Å². The van der Waals surface area contributed by atoms with Gasteiger partial charge in [0.1, 0.15) is 0 Å². The fraction of sp³-hybridized carbons (Fsp3) is 0.250. The number of carbonyl (C=O) groups excluding carboxylic acids is 3. The van der Waals surface area contributed by atoms with E-state index in [2.05, 4.69) is 0 Å². The minimum absolute atomic E-state index is 0.0194. The summed E-state index contributed by atoms with van der Waals surface area (Å²) < 4.78 is 0. The van der Waals surface area contributed by atoms with Crippen LogP contribution in [0.4, 0.5) is 5.69 Å². The lowest BCUT2D eigenvalue weighted by Crippen LogP contribution is -2.43. The minimum atomic E-state index is -0.706. The Kier molecular flexibility index (Phi) is 4.87. The summed E-state index contributed by atoms with van der Waals surface area (Å²) in [5.41, 5.74) is 16.9. The summed E-state index contributed by atoms with van der Waals surface area (Å²) in [6.07, 6.45) is 0.0194. The molecule has 0 fully saturated rings. The predicted molar refractivity (Wildman–Crippen MR) is 69.5 cm³/mol. The number of anilines is 1. The smallest absolute Gasteiger partial charge is 0.237 e. The Morgan fingerprint density at radius 3 is 2.11 bits per heavy atom. The maximum Gasteiger partial charge on any atom is 0.237 e. The van der Waals surface area contributed by atoms with E-state index in [0.717, 1.165) is 4.90 Å². The SMILES string of the molecule is NC(=O)CN(CC(N)=O)C(=O)Cc1cccc(N)c1. The van der Waals surface area contributed by atoms with Crippen molar-refractivity contribution in [1.82, 2.24) is 4.90 Å². The van der Waals surface area contributed by atoms with Gasteiger partial charge < -0.3 is 22.1 Å². The Balaban J connectivity index is 2.76. The van der Waals surface area contributed by atoms with E-state index in [1.165, 1.54) is 0 Å².